The van der Waals surface area contributed by atoms with Gasteiger partial charge < -0.3 is 4.90 Å². The van der Waals surface area contributed by atoms with Gasteiger partial charge in [0.2, 0.25) is 0 Å². The zero-order valence-electron chi connectivity index (χ0n) is 14.4. The molecule has 0 spiro atoms. The molecule has 2 fully saturated rings. The first kappa shape index (κ1) is 16.8. The Balaban J connectivity index is 1.69. The zero-order chi connectivity index (χ0) is 15.5. The van der Waals surface area contributed by atoms with Gasteiger partial charge in [0.15, 0.2) is 0 Å². The minimum absolute atomic E-state index is 0.310. The summed E-state index contributed by atoms with van der Waals surface area (Å²) in [5.74, 6) is 1.65. The largest absolute Gasteiger partial charge is 0.300 e. The average molecular weight is 291 g/mol. The topological polar surface area (TPSA) is 39.1 Å². The third-order valence-corrected chi connectivity index (χ3v) is 5.44. The summed E-state index contributed by atoms with van der Waals surface area (Å²) >= 11 is 0. The summed E-state index contributed by atoms with van der Waals surface area (Å²) in [7, 11) is 0. The molecule has 0 radical (unpaired) electrons. The molecule has 0 aromatic heterocycles. The van der Waals surface area contributed by atoms with Gasteiger partial charge in [-0.3, -0.25) is 5.32 Å². The number of likely N-dealkylation sites (tertiary alicyclic amines) is 1. The van der Waals surface area contributed by atoms with Gasteiger partial charge in [0.25, 0.3) is 0 Å². The molecule has 1 saturated carbocycles. The maximum atomic E-state index is 9.40. The highest BCUT2D eigenvalue weighted by Gasteiger charge is 2.32. The van der Waals surface area contributed by atoms with Crippen LogP contribution in [0.5, 0.6) is 0 Å². The molecule has 4 atom stereocenters. The van der Waals surface area contributed by atoms with E-state index >= 15 is 0 Å². The summed E-state index contributed by atoms with van der Waals surface area (Å²) in [6, 6.07) is 3.81. The van der Waals surface area contributed by atoms with Gasteiger partial charge in [-0.15, -0.1) is 0 Å². The fraction of sp³-hybridized carbons (Fsp3) is 0.944. The van der Waals surface area contributed by atoms with Crippen molar-refractivity contribution >= 4 is 0 Å². The van der Waals surface area contributed by atoms with Gasteiger partial charge in [-0.05, 0) is 70.8 Å². The summed E-state index contributed by atoms with van der Waals surface area (Å²) in [5.41, 5.74) is -0.310. The Morgan fingerprint density at radius 2 is 1.95 bits per heavy atom. The van der Waals surface area contributed by atoms with Crippen LogP contribution in [0, 0.1) is 23.2 Å². The van der Waals surface area contributed by atoms with Gasteiger partial charge in [0, 0.05) is 18.6 Å². The van der Waals surface area contributed by atoms with Crippen LogP contribution >= 0.6 is 0 Å². The van der Waals surface area contributed by atoms with Crippen LogP contribution in [0.25, 0.3) is 0 Å². The minimum Gasteiger partial charge on any atom is -0.300 e. The molecule has 0 aromatic rings. The number of nitrogens with zero attached hydrogens (tertiary/aromatic N) is 2. The van der Waals surface area contributed by atoms with E-state index in [1.54, 1.807) is 0 Å². The molecule has 1 saturated heterocycles. The molecule has 21 heavy (non-hydrogen) atoms. The minimum atomic E-state index is -0.310. The van der Waals surface area contributed by atoms with Crippen molar-refractivity contribution < 1.29 is 0 Å². The van der Waals surface area contributed by atoms with Crippen molar-refractivity contribution in [3.05, 3.63) is 0 Å². The second kappa shape index (κ2) is 7.11. The van der Waals surface area contributed by atoms with Crippen molar-refractivity contribution in [3.8, 4) is 6.07 Å². The standard InChI is InChI=1S/C18H33N3/c1-14-11-15(2)16(3)21(12-14)10-6-5-9-18(4,13-19)20-17-7-8-17/h14-17,20H,5-12H2,1-4H3. The average Bonchev–Trinajstić information content (AvgIpc) is 3.23. The van der Waals surface area contributed by atoms with Crippen LogP contribution in [-0.2, 0) is 0 Å². The predicted octanol–water partition coefficient (Wildman–Crippen LogP) is 3.56. The highest BCUT2D eigenvalue weighted by Crippen LogP contribution is 2.28. The maximum absolute atomic E-state index is 9.40. The van der Waals surface area contributed by atoms with Gasteiger partial charge in [-0.25, -0.2) is 0 Å². The number of rotatable bonds is 7. The Morgan fingerprint density at radius 1 is 1.24 bits per heavy atom. The first-order chi connectivity index (χ1) is 9.93. The monoisotopic (exact) mass is 291 g/mol. The quantitative estimate of drug-likeness (QED) is 0.729. The van der Waals surface area contributed by atoms with Crippen LogP contribution in [0.4, 0.5) is 0 Å². The Bertz CT molecular complexity index is 371. The van der Waals surface area contributed by atoms with Crippen molar-refractivity contribution in [2.75, 3.05) is 13.1 Å². The van der Waals surface area contributed by atoms with Crippen molar-refractivity contribution in [1.82, 2.24) is 10.2 Å². The Labute approximate surface area is 131 Å². The van der Waals surface area contributed by atoms with Gasteiger partial charge in [-0.2, -0.15) is 5.26 Å². The number of nitriles is 1. The number of nitrogens with one attached hydrogen (secondary N) is 1. The third kappa shape index (κ3) is 4.97. The van der Waals surface area contributed by atoms with Crippen molar-refractivity contribution in [1.29, 1.82) is 5.26 Å². The van der Waals surface area contributed by atoms with E-state index in [-0.39, 0.29) is 5.54 Å². The summed E-state index contributed by atoms with van der Waals surface area (Å²) < 4.78 is 0. The van der Waals surface area contributed by atoms with Crippen LogP contribution in [-0.4, -0.2) is 35.6 Å². The molecule has 4 unspecified atom stereocenters. The van der Waals surface area contributed by atoms with Gasteiger partial charge >= 0.3 is 0 Å². The normalized spacial score (nSPS) is 33.4. The number of piperidine rings is 1. The smallest absolute Gasteiger partial charge is 0.104 e. The lowest BCUT2D eigenvalue weighted by molar-refractivity contribution is 0.0777. The van der Waals surface area contributed by atoms with Crippen LogP contribution in [0.1, 0.15) is 66.2 Å². The van der Waals surface area contributed by atoms with E-state index < -0.39 is 0 Å². The molecule has 1 heterocycles. The highest BCUT2D eigenvalue weighted by atomic mass is 15.2. The Kier molecular flexibility index (Phi) is 5.68. The van der Waals surface area contributed by atoms with Gasteiger partial charge in [0.1, 0.15) is 5.54 Å². The molecular weight excluding hydrogens is 258 g/mol. The molecule has 1 N–H and O–H groups in total. The summed E-state index contributed by atoms with van der Waals surface area (Å²) in [5, 5.41) is 12.9. The number of unbranched alkanes of at least 4 members (excludes halogenated alkanes) is 1. The van der Waals surface area contributed by atoms with E-state index in [0.717, 1.165) is 24.7 Å². The van der Waals surface area contributed by atoms with E-state index in [1.165, 1.54) is 38.8 Å². The Morgan fingerprint density at radius 3 is 2.57 bits per heavy atom. The van der Waals surface area contributed by atoms with E-state index in [2.05, 4.69) is 44.0 Å². The van der Waals surface area contributed by atoms with E-state index in [1.807, 2.05) is 0 Å². The van der Waals surface area contributed by atoms with E-state index in [9.17, 15) is 5.26 Å². The number of hydrogen-bond acceptors (Lipinski definition) is 3. The highest BCUT2D eigenvalue weighted by molar-refractivity contribution is 5.06. The van der Waals surface area contributed by atoms with Gasteiger partial charge in [-0.1, -0.05) is 13.8 Å². The molecular formula is C18H33N3. The van der Waals surface area contributed by atoms with Crippen LogP contribution in [0.2, 0.25) is 0 Å². The van der Waals surface area contributed by atoms with Crippen molar-refractivity contribution in [2.45, 2.75) is 83.8 Å². The summed E-state index contributed by atoms with van der Waals surface area (Å²) in [4.78, 5) is 2.66. The third-order valence-electron chi connectivity index (χ3n) is 5.44. The van der Waals surface area contributed by atoms with E-state index in [4.69, 9.17) is 0 Å². The van der Waals surface area contributed by atoms with Gasteiger partial charge in [0.05, 0.1) is 6.07 Å². The lowest BCUT2D eigenvalue weighted by Crippen LogP contribution is -2.46. The lowest BCUT2D eigenvalue weighted by atomic mass is 9.86. The summed E-state index contributed by atoms with van der Waals surface area (Å²) in [6.45, 7) is 11.7. The molecule has 3 heteroatoms. The molecule has 2 rings (SSSR count). The lowest BCUT2D eigenvalue weighted by Gasteiger charge is -2.41. The molecule has 120 valence electrons. The molecule has 0 amide bonds. The summed E-state index contributed by atoms with van der Waals surface area (Å²) in [6.07, 6.45) is 7.21. The molecule has 0 aromatic carbocycles. The molecule has 2 aliphatic rings. The molecule has 1 aliphatic heterocycles. The zero-order valence-corrected chi connectivity index (χ0v) is 14.4. The van der Waals surface area contributed by atoms with Crippen LogP contribution in [0.3, 0.4) is 0 Å². The molecule has 0 bridgehead atoms. The fourth-order valence-corrected chi connectivity index (χ4v) is 3.76. The Hall–Kier alpha value is -0.590. The molecule has 1 aliphatic carbocycles. The first-order valence-electron chi connectivity index (χ1n) is 8.86. The van der Waals surface area contributed by atoms with Crippen LogP contribution < -0.4 is 5.32 Å². The maximum Gasteiger partial charge on any atom is 0.104 e. The second-order valence-electron chi connectivity index (χ2n) is 7.87. The SMILES string of the molecule is CC1CC(C)C(C)N(CCCCC(C)(C#N)NC2CC2)C1. The van der Waals surface area contributed by atoms with Crippen LogP contribution in [0.15, 0.2) is 0 Å². The fourth-order valence-electron chi connectivity index (χ4n) is 3.76. The van der Waals surface area contributed by atoms with E-state index in [0.29, 0.717) is 12.1 Å². The van der Waals surface area contributed by atoms with Crippen molar-refractivity contribution in [2.24, 2.45) is 11.8 Å². The first-order valence-corrected chi connectivity index (χ1v) is 8.86. The van der Waals surface area contributed by atoms with Crippen molar-refractivity contribution in [3.63, 3.8) is 0 Å². The number of hydrogen-bond donors (Lipinski definition) is 1. The molecule has 3 nitrogen and oxygen atoms in total. The predicted molar refractivity (Wildman–Crippen MR) is 88.0 cm³/mol. The second-order valence-corrected chi connectivity index (χ2v) is 7.87.